The van der Waals surface area contributed by atoms with Crippen LogP contribution in [0, 0.1) is 12.8 Å². The van der Waals surface area contributed by atoms with Crippen molar-refractivity contribution < 1.29 is 4.79 Å². The van der Waals surface area contributed by atoms with Gasteiger partial charge in [-0.05, 0) is 30.5 Å². The molecule has 1 saturated heterocycles. The molecule has 0 radical (unpaired) electrons. The first-order valence-corrected chi connectivity index (χ1v) is 6.16. The molecule has 1 aliphatic rings. The van der Waals surface area contributed by atoms with Gasteiger partial charge in [-0.25, -0.2) is 0 Å². The van der Waals surface area contributed by atoms with Gasteiger partial charge in [0.25, 0.3) is 0 Å². The SMILES string of the molecule is Cc1c(Cl)cccc1N1CC(CCl)CC1=O. The Morgan fingerprint density at radius 2 is 2.25 bits per heavy atom. The summed E-state index contributed by atoms with van der Waals surface area (Å²) >= 11 is 11.8. The van der Waals surface area contributed by atoms with E-state index in [1.807, 2.05) is 25.1 Å². The van der Waals surface area contributed by atoms with Crippen LogP contribution < -0.4 is 4.90 Å². The topological polar surface area (TPSA) is 20.3 Å². The molecule has 0 bridgehead atoms. The van der Waals surface area contributed by atoms with Gasteiger partial charge in [0.1, 0.15) is 0 Å². The normalized spacial score (nSPS) is 20.6. The highest BCUT2D eigenvalue weighted by Crippen LogP contribution is 2.31. The largest absolute Gasteiger partial charge is 0.312 e. The van der Waals surface area contributed by atoms with E-state index >= 15 is 0 Å². The smallest absolute Gasteiger partial charge is 0.227 e. The van der Waals surface area contributed by atoms with E-state index in [9.17, 15) is 4.79 Å². The lowest BCUT2D eigenvalue weighted by Crippen LogP contribution is -2.25. The third kappa shape index (κ3) is 2.04. The van der Waals surface area contributed by atoms with Gasteiger partial charge in [-0.2, -0.15) is 0 Å². The number of alkyl halides is 1. The lowest BCUT2D eigenvalue weighted by atomic mass is 10.1. The Bertz CT molecular complexity index is 419. The van der Waals surface area contributed by atoms with Gasteiger partial charge in [0, 0.05) is 29.6 Å². The first kappa shape index (κ1) is 11.7. The standard InChI is InChI=1S/C12H13Cl2NO/c1-8-10(14)3-2-4-11(8)15-7-9(6-13)5-12(15)16/h2-4,9H,5-7H2,1H3. The highest BCUT2D eigenvalue weighted by molar-refractivity contribution is 6.31. The summed E-state index contributed by atoms with van der Waals surface area (Å²) in [5.74, 6) is 0.922. The zero-order chi connectivity index (χ0) is 11.7. The zero-order valence-electron chi connectivity index (χ0n) is 9.04. The van der Waals surface area contributed by atoms with Gasteiger partial charge in [-0.1, -0.05) is 17.7 Å². The van der Waals surface area contributed by atoms with Crippen molar-refractivity contribution in [2.45, 2.75) is 13.3 Å². The monoisotopic (exact) mass is 257 g/mol. The van der Waals surface area contributed by atoms with E-state index in [0.717, 1.165) is 11.3 Å². The molecule has 0 saturated carbocycles. The van der Waals surface area contributed by atoms with Crippen LogP contribution in [0.3, 0.4) is 0 Å². The molecule has 4 heteroatoms. The molecule has 1 fully saturated rings. The number of rotatable bonds is 2. The Labute approximate surface area is 105 Å². The average molecular weight is 258 g/mol. The molecule has 16 heavy (non-hydrogen) atoms. The van der Waals surface area contributed by atoms with E-state index < -0.39 is 0 Å². The van der Waals surface area contributed by atoms with Crippen molar-refractivity contribution in [3.8, 4) is 0 Å². The molecule has 1 unspecified atom stereocenters. The minimum Gasteiger partial charge on any atom is -0.312 e. The molecule has 1 atom stereocenters. The van der Waals surface area contributed by atoms with Crippen LogP contribution in [0.25, 0.3) is 0 Å². The lowest BCUT2D eigenvalue weighted by molar-refractivity contribution is -0.117. The van der Waals surface area contributed by atoms with Crippen LogP contribution in [0.4, 0.5) is 5.69 Å². The number of hydrogen-bond donors (Lipinski definition) is 0. The van der Waals surface area contributed by atoms with Crippen LogP contribution >= 0.6 is 23.2 Å². The molecule has 0 spiro atoms. The second kappa shape index (κ2) is 4.64. The predicted molar refractivity (Wildman–Crippen MR) is 67.4 cm³/mol. The van der Waals surface area contributed by atoms with Gasteiger partial charge in [0.2, 0.25) is 5.91 Å². The highest BCUT2D eigenvalue weighted by atomic mass is 35.5. The van der Waals surface area contributed by atoms with Gasteiger partial charge in [-0.3, -0.25) is 4.79 Å². The van der Waals surface area contributed by atoms with Crippen LogP contribution in [-0.4, -0.2) is 18.3 Å². The van der Waals surface area contributed by atoms with E-state index in [4.69, 9.17) is 23.2 Å². The van der Waals surface area contributed by atoms with Crippen LogP contribution in [0.15, 0.2) is 18.2 Å². The maximum absolute atomic E-state index is 11.8. The van der Waals surface area contributed by atoms with E-state index in [0.29, 0.717) is 23.9 Å². The molecule has 0 N–H and O–H groups in total. The molecular formula is C12H13Cl2NO. The number of hydrogen-bond acceptors (Lipinski definition) is 1. The third-order valence-electron chi connectivity index (χ3n) is 2.95. The van der Waals surface area contributed by atoms with Gasteiger partial charge in [-0.15, -0.1) is 11.6 Å². The van der Waals surface area contributed by atoms with Gasteiger partial charge >= 0.3 is 0 Å². The molecule has 1 aromatic rings. The van der Waals surface area contributed by atoms with Crippen molar-refractivity contribution in [1.29, 1.82) is 0 Å². The number of benzene rings is 1. The number of nitrogens with zero attached hydrogens (tertiary/aromatic N) is 1. The summed E-state index contributed by atoms with van der Waals surface area (Å²) in [5.41, 5.74) is 1.86. The van der Waals surface area contributed by atoms with Crippen molar-refractivity contribution in [1.82, 2.24) is 0 Å². The molecule has 0 aromatic heterocycles. The van der Waals surface area contributed by atoms with E-state index in [1.165, 1.54) is 0 Å². The minimum absolute atomic E-state index is 0.135. The molecule has 0 aliphatic carbocycles. The van der Waals surface area contributed by atoms with Gasteiger partial charge < -0.3 is 4.90 Å². The molecule has 1 amide bonds. The lowest BCUT2D eigenvalue weighted by Gasteiger charge is -2.19. The Balaban J connectivity index is 2.31. The summed E-state index contributed by atoms with van der Waals surface area (Å²) in [6.07, 6.45) is 0.537. The van der Waals surface area contributed by atoms with E-state index in [2.05, 4.69) is 0 Å². The maximum atomic E-state index is 11.8. The molecular weight excluding hydrogens is 245 g/mol. The fourth-order valence-electron chi connectivity index (χ4n) is 2.01. The van der Waals surface area contributed by atoms with E-state index in [1.54, 1.807) is 4.90 Å². The number of halogens is 2. The highest BCUT2D eigenvalue weighted by Gasteiger charge is 2.30. The average Bonchev–Trinajstić information content (AvgIpc) is 2.64. The van der Waals surface area contributed by atoms with Crippen LogP contribution in [0.2, 0.25) is 5.02 Å². The first-order chi connectivity index (χ1) is 7.63. The Morgan fingerprint density at radius 1 is 1.50 bits per heavy atom. The number of anilines is 1. The van der Waals surface area contributed by atoms with Crippen molar-refractivity contribution >= 4 is 34.8 Å². The third-order valence-corrected chi connectivity index (χ3v) is 3.80. The second-order valence-electron chi connectivity index (χ2n) is 4.11. The summed E-state index contributed by atoms with van der Waals surface area (Å²) in [6.45, 7) is 2.63. The number of carbonyl (C=O) groups is 1. The predicted octanol–water partition coefficient (Wildman–Crippen LogP) is 3.24. The second-order valence-corrected chi connectivity index (χ2v) is 4.83. The zero-order valence-corrected chi connectivity index (χ0v) is 10.6. The maximum Gasteiger partial charge on any atom is 0.227 e. The molecule has 2 nitrogen and oxygen atoms in total. The van der Waals surface area contributed by atoms with Gasteiger partial charge in [0.05, 0.1) is 0 Å². The number of carbonyl (C=O) groups excluding carboxylic acids is 1. The van der Waals surface area contributed by atoms with Crippen LogP contribution in [0.1, 0.15) is 12.0 Å². The molecule has 1 aliphatic heterocycles. The Kier molecular flexibility index (Phi) is 3.41. The summed E-state index contributed by atoms with van der Waals surface area (Å²) in [5, 5.41) is 0.694. The van der Waals surface area contributed by atoms with Gasteiger partial charge in [0.15, 0.2) is 0 Å². The molecule has 2 rings (SSSR count). The first-order valence-electron chi connectivity index (χ1n) is 5.25. The Hall–Kier alpha value is -0.730. The van der Waals surface area contributed by atoms with E-state index in [-0.39, 0.29) is 11.8 Å². The molecule has 1 aromatic carbocycles. The fourth-order valence-corrected chi connectivity index (χ4v) is 2.38. The quantitative estimate of drug-likeness (QED) is 0.746. The van der Waals surface area contributed by atoms with Crippen molar-refractivity contribution in [3.63, 3.8) is 0 Å². The van der Waals surface area contributed by atoms with Crippen LogP contribution in [0.5, 0.6) is 0 Å². The fraction of sp³-hybridized carbons (Fsp3) is 0.417. The molecule has 1 heterocycles. The molecule has 86 valence electrons. The summed E-state index contributed by atoms with van der Waals surface area (Å²) in [4.78, 5) is 13.6. The summed E-state index contributed by atoms with van der Waals surface area (Å²) in [7, 11) is 0. The summed E-state index contributed by atoms with van der Waals surface area (Å²) in [6, 6.07) is 5.63. The van der Waals surface area contributed by atoms with Crippen LogP contribution in [-0.2, 0) is 4.79 Å². The Morgan fingerprint density at radius 3 is 2.88 bits per heavy atom. The van der Waals surface area contributed by atoms with Crippen molar-refractivity contribution in [2.75, 3.05) is 17.3 Å². The summed E-state index contributed by atoms with van der Waals surface area (Å²) < 4.78 is 0. The van der Waals surface area contributed by atoms with Crippen molar-refractivity contribution in [3.05, 3.63) is 28.8 Å². The minimum atomic E-state index is 0.135. The van der Waals surface area contributed by atoms with Crippen molar-refractivity contribution in [2.24, 2.45) is 5.92 Å². The number of amides is 1.